The third-order valence-electron chi connectivity index (χ3n) is 4.20. The first kappa shape index (κ1) is 15.9. The van der Waals surface area contributed by atoms with Crippen LogP contribution in [0.4, 0.5) is 11.5 Å². The number of aromatic nitrogens is 3. The molecule has 2 N–H and O–H groups in total. The summed E-state index contributed by atoms with van der Waals surface area (Å²) in [6.45, 7) is 1.45. The van der Waals surface area contributed by atoms with E-state index >= 15 is 0 Å². The van der Waals surface area contributed by atoms with E-state index in [-0.39, 0.29) is 11.3 Å². The third-order valence-corrected chi connectivity index (χ3v) is 4.20. The number of carbonyl (C=O) groups excluding carboxylic acids is 1. The molecule has 0 radical (unpaired) electrons. The Morgan fingerprint density at radius 2 is 2.29 bits per heavy atom. The van der Waals surface area contributed by atoms with Crippen molar-refractivity contribution in [2.24, 2.45) is 18.7 Å². The van der Waals surface area contributed by atoms with Gasteiger partial charge in [-0.25, -0.2) is 4.98 Å². The Morgan fingerprint density at radius 1 is 1.50 bits per heavy atom. The second kappa shape index (κ2) is 6.26. The molecule has 24 heavy (non-hydrogen) atoms. The van der Waals surface area contributed by atoms with Gasteiger partial charge >= 0.3 is 0 Å². The normalized spacial score (nSPS) is 17.2. The summed E-state index contributed by atoms with van der Waals surface area (Å²) in [5.41, 5.74) is 6.39. The maximum Gasteiger partial charge on any atom is 0.288 e. The molecule has 3 rings (SSSR count). The van der Waals surface area contributed by atoms with Crippen LogP contribution in [0.1, 0.15) is 22.3 Å². The zero-order valence-electron chi connectivity index (χ0n) is 13.3. The van der Waals surface area contributed by atoms with Gasteiger partial charge in [0.25, 0.3) is 11.6 Å². The lowest BCUT2D eigenvalue weighted by Gasteiger charge is -2.19. The van der Waals surface area contributed by atoms with Crippen LogP contribution in [0.3, 0.4) is 0 Å². The smallest absolute Gasteiger partial charge is 0.288 e. The molecule has 0 saturated carbocycles. The topological polar surface area (TPSA) is 120 Å². The van der Waals surface area contributed by atoms with E-state index in [1.165, 1.54) is 6.07 Å². The molecule has 126 valence electrons. The van der Waals surface area contributed by atoms with E-state index in [2.05, 4.69) is 10.1 Å². The first-order chi connectivity index (χ1) is 11.4. The lowest BCUT2D eigenvalue weighted by atomic mass is 10.0. The lowest BCUT2D eigenvalue weighted by molar-refractivity contribution is -0.385. The first-order valence-corrected chi connectivity index (χ1v) is 7.60. The number of anilines is 1. The number of amides is 1. The van der Waals surface area contributed by atoms with E-state index < -0.39 is 10.8 Å². The van der Waals surface area contributed by atoms with Crippen molar-refractivity contribution >= 4 is 17.4 Å². The predicted molar refractivity (Wildman–Crippen MR) is 86.6 cm³/mol. The molecule has 1 fully saturated rings. The van der Waals surface area contributed by atoms with Crippen LogP contribution in [0.5, 0.6) is 0 Å². The average Bonchev–Trinajstić information content (AvgIpc) is 3.16. The van der Waals surface area contributed by atoms with Crippen LogP contribution < -0.4 is 10.6 Å². The highest BCUT2D eigenvalue weighted by Crippen LogP contribution is 2.28. The minimum absolute atomic E-state index is 0.0891. The Kier molecular flexibility index (Phi) is 4.15. The summed E-state index contributed by atoms with van der Waals surface area (Å²) in [5, 5.41) is 15.0. The standard InChI is InChI=1S/C15H18N6O3/c1-19-8-11(6-18-19)4-10-2-3-20(9-10)15-13(14(16)22)5-12(7-17-15)21(23)24/h5-8,10H,2-4,9H2,1H3,(H2,16,22). The molecule has 0 spiro atoms. The molecule has 2 aromatic heterocycles. The summed E-state index contributed by atoms with van der Waals surface area (Å²) in [6.07, 6.45) is 6.84. The Morgan fingerprint density at radius 3 is 2.92 bits per heavy atom. The van der Waals surface area contributed by atoms with E-state index in [9.17, 15) is 14.9 Å². The highest BCUT2D eigenvalue weighted by molar-refractivity contribution is 5.98. The molecule has 1 saturated heterocycles. The Balaban J connectivity index is 1.77. The summed E-state index contributed by atoms with van der Waals surface area (Å²) in [4.78, 5) is 28.0. The molecular formula is C15H18N6O3. The molecule has 1 unspecified atom stereocenters. The molecule has 0 bridgehead atoms. The van der Waals surface area contributed by atoms with Crippen LogP contribution in [0, 0.1) is 16.0 Å². The van der Waals surface area contributed by atoms with Gasteiger partial charge in [-0.1, -0.05) is 0 Å². The summed E-state index contributed by atoms with van der Waals surface area (Å²) in [5.74, 6) is 0.116. The highest BCUT2D eigenvalue weighted by atomic mass is 16.6. The maximum atomic E-state index is 11.7. The van der Waals surface area contributed by atoms with Crippen LogP contribution in [0.25, 0.3) is 0 Å². The number of primary amides is 1. The molecule has 1 aliphatic heterocycles. The second-order valence-corrected chi connectivity index (χ2v) is 6.01. The lowest BCUT2D eigenvalue weighted by Crippen LogP contribution is -2.25. The van der Waals surface area contributed by atoms with Gasteiger partial charge in [0.15, 0.2) is 0 Å². The quantitative estimate of drug-likeness (QED) is 0.642. The van der Waals surface area contributed by atoms with Crippen LogP contribution >= 0.6 is 0 Å². The molecular weight excluding hydrogens is 312 g/mol. The predicted octanol–water partition coefficient (Wildman–Crippen LogP) is 0.891. The highest BCUT2D eigenvalue weighted by Gasteiger charge is 2.28. The third kappa shape index (κ3) is 3.19. The van der Waals surface area contributed by atoms with Crippen molar-refractivity contribution < 1.29 is 9.72 Å². The van der Waals surface area contributed by atoms with Gasteiger partial charge in [0, 0.05) is 32.4 Å². The maximum absolute atomic E-state index is 11.7. The molecule has 9 nitrogen and oxygen atoms in total. The Hall–Kier alpha value is -2.97. The van der Waals surface area contributed by atoms with Crippen molar-refractivity contribution in [3.05, 3.63) is 45.9 Å². The fourth-order valence-corrected chi connectivity index (χ4v) is 3.08. The molecule has 0 aromatic carbocycles. The van der Waals surface area contributed by atoms with E-state index in [0.29, 0.717) is 11.7 Å². The van der Waals surface area contributed by atoms with Crippen molar-refractivity contribution in [1.29, 1.82) is 0 Å². The van der Waals surface area contributed by atoms with Crippen molar-refractivity contribution in [2.45, 2.75) is 12.8 Å². The van der Waals surface area contributed by atoms with E-state index in [4.69, 9.17) is 5.73 Å². The Labute approximate surface area is 138 Å². The number of nitrogens with zero attached hydrogens (tertiary/aromatic N) is 5. The molecule has 1 atom stereocenters. The zero-order valence-corrected chi connectivity index (χ0v) is 13.3. The van der Waals surface area contributed by atoms with Crippen molar-refractivity contribution in [1.82, 2.24) is 14.8 Å². The van der Waals surface area contributed by atoms with E-state index in [1.54, 1.807) is 4.68 Å². The fraction of sp³-hybridized carbons (Fsp3) is 0.400. The minimum atomic E-state index is -0.711. The van der Waals surface area contributed by atoms with Gasteiger partial charge in [-0.05, 0) is 24.3 Å². The second-order valence-electron chi connectivity index (χ2n) is 6.01. The van der Waals surface area contributed by atoms with Gasteiger partial charge in [0.2, 0.25) is 0 Å². The largest absolute Gasteiger partial charge is 0.365 e. The van der Waals surface area contributed by atoms with Crippen LogP contribution in [0.15, 0.2) is 24.7 Å². The van der Waals surface area contributed by atoms with Crippen molar-refractivity contribution in [3.8, 4) is 0 Å². The van der Waals surface area contributed by atoms with Gasteiger partial charge in [-0.2, -0.15) is 5.10 Å². The average molecular weight is 330 g/mol. The number of rotatable bonds is 5. The molecule has 3 heterocycles. The van der Waals surface area contributed by atoms with Crippen LogP contribution in [-0.4, -0.2) is 38.7 Å². The number of aryl methyl sites for hydroxylation is 1. The van der Waals surface area contributed by atoms with Crippen LogP contribution in [0.2, 0.25) is 0 Å². The van der Waals surface area contributed by atoms with Crippen LogP contribution in [-0.2, 0) is 13.5 Å². The van der Waals surface area contributed by atoms with Gasteiger partial charge in [0.05, 0.1) is 16.7 Å². The number of nitrogens with two attached hydrogens (primary N) is 1. The molecule has 1 aliphatic rings. The first-order valence-electron chi connectivity index (χ1n) is 7.60. The molecule has 1 amide bonds. The van der Waals surface area contributed by atoms with Crippen molar-refractivity contribution in [3.63, 3.8) is 0 Å². The van der Waals surface area contributed by atoms with E-state index in [1.807, 2.05) is 24.3 Å². The monoisotopic (exact) mass is 330 g/mol. The molecule has 2 aromatic rings. The van der Waals surface area contributed by atoms with E-state index in [0.717, 1.165) is 37.7 Å². The van der Waals surface area contributed by atoms with Crippen molar-refractivity contribution in [2.75, 3.05) is 18.0 Å². The number of pyridine rings is 1. The fourth-order valence-electron chi connectivity index (χ4n) is 3.08. The summed E-state index contributed by atoms with van der Waals surface area (Å²) >= 11 is 0. The SMILES string of the molecule is Cn1cc(CC2CCN(c3ncc([N+](=O)[O-])cc3C(N)=O)C2)cn1. The number of nitro groups is 1. The Bertz CT molecular complexity index is 787. The van der Waals surface area contributed by atoms with Gasteiger partial charge in [0.1, 0.15) is 12.0 Å². The number of carbonyl (C=O) groups is 1. The zero-order chi connectivity index (χ0) is 17.3. The van der Waals surface area contributed by atoms with Gasteiger partial charge in [-0.15, -0.1) is 0 Å². The minimum Gasteiger partial charge on any atom is -0.365 e. The summed E-state index contributed by atoms with van der Waals surface area (Å²) < 4.78 is 1.77. The number of hydrogen-bond acceptors (Lipinski definition) is 6. The molecule has 0 aliphatic carbocycles. The summed E-state index contributed by atoms with van der Waals surface area (Å²) in [6, 6.07) is 1.19. The van der Waals surface area contributed by atoms with Gasteiger partial charge < -0.3 is 10.6 Å². The number of hydrogen-bond donors (Lipinski definition) is 1. The molecule has 9 heteroatoms. The summed E-state index contributed by atoms with van der Waals surface area (Å²) in [7, 11) is 1.88. The van der Waals surface area contributed by atoms with Gasteiger partial charge in [-0.3, -0.25) is 19.6 Å².